The van der Waals surface area contributed by atoms with Gasteiger partial charge in [-0.05, 0) is 33.6 Å². The van der Waals surface area contributed by atoms with Gasteiger partial charge in [0.15, 0.2) is 0 Å². The van der Waals surface area contributed by atoms with Crippen molar-refractivity contribution in [2.24, 2.45) is 5.73 Å². The van der Waals surface area contributed by atoms with Gasteiger partial charge in [-0.2, -0.15) is 0 Å². The van der Waals surface area contributed by atoms with Crippen molar-refractivity contribution in [2.45, 2.75) is 96.7 Å². The lowest BCUT2D eigenvalue weighted by atomic mass is 9.94. The summed E-state index contributed by atoms with van der Waals surface area (Å²) in [5, 5.41) is 0. The van der Waals surface area contributed by atoms with Gasteiger partial charge in [0, 0.05) is 39.2 Å². The van der Waals surface area contributed by atoms with Gasteiger partial charge >= 0.3 is 6.09 Å². The summed E-state index contributed by atoms with van der Waals surface area (Å²) in [6, 6.07) is 0.377. The molecule has 1 heterocycles. The lowest BCUT2D eigenvalue weighted by Crippen LogP contribution is -2.64. The Labute approximate surface area is 154 Å². The van der Waals surface area contributed by atoms with Crippen LogP contribution in [0.2, 0.25) is 0 Å². The molecule has 1 fully saturated rings. The van der Waals surface area contributed by atoms with Crippen molar-refractivity contribution in [3.05, 3.63) is 0 Å². The van der Waals surface area contributed by atoms with Crippen molar-refractivity contribution < 1.29 is 14.3 Å². The molecule has 6 nitrogen and oxygen atoms in total. The zero-order valence-corrected chi connectivity index (χ0v) is 17.2. The predicted octanol–water partition coefficient (Wildman–Crippen LogP) is 3.20. The SMILES string of the molecule is CCCCC(CC)N1CC(N)C(OC)CC1N(C)C(=O)OC(C)(C)C. The molecule has 148 valence electrons. The number of carbonyl (C=O) groups excluding carboxylic acids is 1. The molecule has 1 rings (SSSR count). The molecule has 0 saturated carbocycles. The normalized spacial score (nSPS) is 26.3. The first-order valence-electron chi connectivity index (χ1n) is 9.64. The summed E-state index contributed by atoms with van der Waals surface area (Å²) in [6.07, 6.45) is 4.83. The van der Waals surface area contributed by atoms with Gasteiger partial charge < -0.3 is 15.2 Å². The van der Waals surface area contributed by atoms with E-state index in [9.17, 15) is 4.79 Å². The Balaban J connectivity index is 2.98. The molecule has 1 aliphatic rings. The number of likely N-dealkylation sites (tertiary alicyclic amines) is 1. The number of carbonyl (C=O) groups is 1. The molecule has 0 aliphatic carbocycles. The molecular weight excluding hydrogens is 318 g/mol. The Morgan fingerprint density at radius 2 is 2.00 bits per heavy atom. The highest BCUT2D eigenvalue weighted by Gasteiger charge is 2.40. The van der Waals surface area contributed by atoms with E-state index in [4.69, 9.17) is 15.2 Å². The van der Waals surface area contributed by atoms with Crippen molar-refractivity contribution in [1.29, 1.82) is 0 Å². The van der Waals surface area contributed by atoms with Gasteiger partial charge in [0.1, 0.15) is 5.60 Å². The Kier molecular flexibility index (Phi) is 8.64. The van der Waals surface area contributed by atoms with Crippen LogP contribution in [0.5, 0.6) is 0 Å². The molecule has 0 bridgehead atoms. The number of nitrogens with zero attached hydrogens (tertiary/aromatic N) is 2. The molecule has 0 spiro atoms. The summed E-state index contributed by atoms with van der Waals surface area (Å²) in [5.41, 5.74) is 5.83. The van der Waals surface area contributed by atoms with E-state index in [1.807, 2.05) is 27.8 Å². The standard InChI is InChI=1S/C19H39N3O3/c1-8-10-11-14(9-2)22-13-15(20)16(24-7)12-17(22)21(6)18(23)25-19(3,4)5/h14-17H,8-13,20H2,1-7H3. The summed E-state index contributed by atoms with van der Waals surface area (Å²) in [5.74, 6) is 0. The molecule has 0 radical (unpaired) electrons. The molecule has 1 aliphatic heterocycles. The van der Waals surface area contributed by atoms with Crippen LogP contribution in [0.4, 0.5) is 4.79 Å². The van der Waals surface area contributed by atoms with Crippen LogP contribution in [0.15, 0.2) is 0 Å². The van der Waals surface area contributed by atoms with Crippen LogP contribution in [0.3, 0.4) is 0 Å². The maximum atomic E-state index is 12.6. The maximum Gasteiger partial charge on any atom is 0.411 e. The number of nitrogens with two attached hydrogens (primary N) is 1. The average Bonchev–Trinajstić information content (AvgIpc) is 2.53. The van der Waals surface area contributed by atoms with Crippen LogP contribution in [0, 0.1) is 0 Å². The second-order valence-electron chi connectivity index (χ2n) is 8.15. The Hall–Kier alpha value is -0.850. The predicted molar refractivity (Wildman–Crippen MR) is 101 cm³/mol. The van der Waals surface area contributed by atoms with E-state index in [1.54, 1.807) is 12.0 Å². The maximum absolute atomic E-state index is 12.6. The highest BCUT2D eigenvalue weighted by molar-refractivity contribution is 5.68. The lowest BCUT2D eigenvalue weighted by molar-refractivity contribution is -0.0757. The fourth-order valence-electron chi connectivity index (χ4n) is 3.54. The highest BCUT2D eigenvalue weighted by Crippen LogP contribution is 2.27. The van der Waals surface area contributed by atoms with E-state index < -0.39 is 5.60 Å². The zero-order valence-electron chi connectivity index (χ0n) is 17.2. The fourth-order valence-corrected chi connectivity index (χ4v) is 3.54. The van der Waals surface area contributed by atoms with Crippen LogP contribution in [0.25, 0.3) is 0 Å². The molecule has 4 atom stereocenters. The van der Waals surface area contributed by atoms with Gasteiger partial charge in [0.25, 0.3) is 0 Å². The van der Waals surface area contributed by atoms with Gasteiger partial charge in [-0.1, -0.05) is 26.7 Å². The van der Waals surface area contributed by atoms with Gasteiger partial charge in [0.2, 0.25) is 0 Å². The van der Waals surface area contributed by atoms with E-state index in [0.717, 1.165) is 19.4 Å². The molecule has 0 aromatic heterocycles. The monoisotopic (exact) mass is 357 g/mol. The van der Waals surface area contributed by atoms with Crippen LogP contribution >= 0.6 is 0 Å². The topological polar surface area (TPSA) is 68.0 Å². The molecule has 2 N–H and O–H groups in total. The molecule has 0 aromatic carbocycles. The first-order chi connectivity index (χ1) is 11.6. The van der Waals surface area contributed by atoms with Crippen molar-refractivity contribution in [1.82, 2.24) is 9.80 Å². The average molecular weight is 358 g/mol. The van der Waals surface area contributed by atoms with Gasteiger partial charge in [-0.3, -0.25) is 9.80 Å². The van der Waals surface area contributed by atoms with Gasteiger partial charge in [-0.25, -0.2) is 4.79 Å². The molecular formula is C19H39N3O3. The van der Waals surface area contributed by atoms with Crippen molar-refractivity contribution in [3.63, 3.8) is 0 Å². The van der Waals surface area contributed by atoms with Crippen LogP contribution < -0.4 is 5.73 Å². The molecule has 1 saturated heterocycles. The minimum atomic E-state index is -0.506. The van der Waals surface area contributed by atoms with E-state index >= 15 is 0 Å². The summed E-state index contributed by atoms with van der Waals surface area (Å²) in [6.45, 7) is 10.8. The zero-order chi connectivity index (χ0) is 19.2. The quantitative estimate of drug-likeness (QED) is 0.758. The molecule has 6 heteroatoms. The molecule has 0 aromatic rings. The second-order valence-corrected chi connectivity index (χ2v) is 8.15. The van der Waals surface area contributed by atoms with Crippen molar-refractivity contribution >= 4 is 6.09 Å². The van der Waals surface area contributed by atoms with Crippen molar-refractivity contribution in [3.8, 4) is 0 Å². The smallest absolute Gasteiger partial charge is 0.411 e. The number of methoxy groups -OCH3 is 1. The third-order valence-electron chi connectivity index (χ3n) is 4.99. The van der Waals surface area contributed by atoms with Crippen LogP contribution in [0.1, 0.15) is 66.7 Å². The molecule has 25 heavy (non-hydrogen) atoms. The van der Waals surface area contributed by atoms with Crippen molar-refractivity contribution in [2.75, 3.05) is 20.7 Å². The van der Waals surface area contributed by atoms with Gasteiger partial charge in [0.05, 0.1) is 12.3 Å². The summed E-state index contributed by atoms with van der Waals surface area (Å²) >= 11 is 0. The largest absolute Gasteiger partial charge is 0.444 e. The minimum absolute atomic E-state index is 0.0380. The number of piperidine rings is 1. The number of hydrogen-bond donors (Lipinski definition) is 1. The molecule has 4 unspecified atom stereocenters. The van der Waals surface area contributed by atoms with E-state index in [2.05, 4.69) is 18.7 Å². The Bertz CT molecular complexity index is 411. The van der Waals surface area contributed by atoms with Crippen LogP contribution in [-0.4, -0.2) is 66.5 Å². The number of rotatable bonds is 7. The number of unbranched alkanes of at least 4 members (excludes halogenated alkanes) is 1. The third-order valence-corrected chi connectivity index (χ3v) is 4.99. The summed E-state index contributed by atoms with van der Waals surface area (Å²) < 4.78 is 11.2. The number of hydrogen-bond acceptors (Lipinski definition) is 5. The lowest BCUT2D eigenvalue weighted by Gasteiger charge is -2.49. The second kappa shape index (κ2) is 9.74. The van der Waals surface area contributed by atoms with E-state index in [1.165, 1.54) is 12.8 Å². The van der Waals surface area contributed by atoms with E-state index in [0.29, 0.717) is 12.5 Å². The van der Waals surface area contributed by atoms with Crippen LogP contribution in [-0.2, 0) is 9.47 Å². The third kappa shape index (κ3) is 6.42. The first kappa shape index (κ1) is 22.2. The number of amides is 1. The first-order valence-corrected chi connectivity index (χ1v) is 9.64. The van der Waals surface area contributed by atoms with E-state index in [-0.39, 0.29) is 24.4 Å². The highest BCUT2D eigenvalue weighted by atomic mass is 16.6. The summed E-state index contributed by atoms with van der Waals surface area (Å²) in [7, 11) is 3.51. The Morgan fingerprint density at radius 1 is 1.36 bits per heavy atom. The summed E-state index contributed by atoms with van der Waals surface area (Å²) in [4.78, 5) is 16.7. The Morgan fingerprint density at radius 3 is 2.48 bits per heavy atom. The van der Waals surface area contributed by atoms with Gasteiger partial charge in [-0.15, -0.1) is 0 Å². The number of ether oxygens (including phenoxy) is 2. The molecule has 1 amide bonds. The minimum Gasteiger partial charge on any atom is -0.444 e. The fraction of sp³-hybridized carbons (Fsp3) is 0.947.